The topological polar surface area (TPSA) is 87.5 Å². The zero-order valence-electron chi connectivity index (χ0n) is 14.8. The van der Waals surface area contributed by atoms with Gasteiger partial charge in [0.15, 0.2) is 5.82 Å². The molecule has 2 aromatic rings. The number of carbonyl (C=O) groups is 3. The third kappa shape index (κ3) is 2.48. The van der Waals surface area contributed by atoms with E-state index in [1.807, 2.05) is 13.1 Å². The Balaban J connectivity index is 1.48. The third-order valence-electron chi connectivity index (χ3n) is 5.75. The number of nitrogens with zero attached hydrogens (tertiary/aromatic N) is 4. The highest BCUT2D eigenvalue weighted by Gasteiger charge is 2.52. The zero-order chi connectivity index (χ0) is 18.9. The lowest BCUT2D eigenvalue weighted by atomic mass is 9.62. The third-order valence-corrected chi connectivity index (χ3v) is 6.38. The molecule has 3 aliphatic rings. The van der Waals surface area contributed by atoms with Crippen molar-refractivity contribution in [1.29, 1.82) is 0 Å². The number of fused-ring (bicyclic) bond motifs is 1. The van der Waals surface area contributed by atoms with Crippen LogP contribution in [0.5, 0.6) is 0 Å². The van der Waals surface area contributed by atoms with E-state index >= 15 is 0 Å². The number of urea groups is 1. The summed E-state index contributed by atoms with van der Waals surface area (Å²) in [6.45, 7) is 2.10. The van der Waals surface area contributed by atoms with Crippen LogP contribution >= 0.6 is 15.9 Å². The lowest BCUT2D eigenvalue weighted by Crippen LogP contribution is -2.62. The fraction of sp³-hybridized carbons (Fsp3) is 0.444. The van der Waals surface area contributed by atoms with Crippen molar-refractivity contribution in [3.63, 3.8) is 0 Å². The number of carbonyl (C=O) groups excluding carboxylic acids is 3. The molecule has 1 N–H and O–H groups in total. The van der Waals surface area contributed by atoms with Crippen molar-refractivity contribution in [2.45, 2.75) is 19.3 Å². The number of amides is 3. The van der Waals surface area contributed by atoms with Crippen LogP contribution in [-0.2, 0) is 16.6 Å². The van der Waals surface area contributed by atoms with Crippen LogP contribution in [0.25, 0.3) is 10.9 Å². The second-order valence-corrected chi connectivity index (χ2v) is 8.63. The maximum atomic E-state index is 12.2. The number of imide groups is 1. The first kappa shape index (κ1) is 16.7. The van der Waals surface area contributed by atoms with Crippen molar-refractivity contribution in [1.82, 2.24) is 15.1 Å². The molecule has 3 amide bonds. The van der Waals surface area contributed by atoms with Crippen molar-refractivity contribution >= 4 is 56.1 Å². The van der Waals surface area contributed by atoms with E-state index in [1.54, 1.807) is 4.68 Å². The first-order valence-corrected chi connectivity index (χ1v) is 9.69. The summed E-state index contributed by atoms with van der Waals surface area (Å²) in [5.41, 5.74) is 2.17. The van der Waals surface area contributed by atoms with Crippen LogP contribution in [0.3, 0.4) is 0 Å². The largest absolute Gasteiger partial charge is 0.369 e. The number of hydrogen-bond donors (Lipinski definition) is 1. The lowest BCUT2D eigenvalue weighted by molar-refractivity contribution is -0.134. The first-order chi connectivity index (χ1) is 12.8. The summed E-state index contributed by atoms with van der Waals surface area (Å²) in [6, 6.07) is 3.61. The zero-order valence-corrected chi connectivity index (χ0v) is 16.4. The molecular formula is C18H18BrN5O3. The molecule has 0 radical (unpaired) electrons. The molecule has 0 atom stereocenters. The van der Waals surface area contributed by atoms with Crippen molar-refractivity contribution < 1.29 is 14.4 Å². The Labute approximate surface area is 163 Å². The Bertz CT molecular complexity index is 1010. The van der Waals surface area contributed by atoms with Gasteiger partial charge >= 0.3 is 6.03 Å². The summed E-state index contributed by atoms with van der Waals surface area (Å²) < 4.78 is 2.69. The van der Waals surface area contributed by atoms with Crippen LogP contribution in [0.4, 0.5) is 16.3 Å². The minimum absolute atomic E-state index is 0.182. The van der Waals surface area contributed by atoms with E-state index in [-0.39, 0.29) is 17.7 Å². The van der Waals surface area contributed by atoms with Gasteiger partial charge in [-0.05, 0) is 28.1 Å². The quantitative estimate of drug-likeness (QED) is 0.784. The minimum Gasteiger partial charge on any atom is -0.369 e. The number of aryl methyl sites for hydroxylation is 1. The summed E-state index contributed by atoms with van der Waals surface area (Å²) in [7, 11) is 1.85. The monoisotopic (exact) mass is 431 g/mol. The Kier molecular flexibility index (Phi) is 3.43. The Morgan fingerprint density at radius 3 is 2.59 bits per heavy atom. The highest BCUT2D eigenvalue weighted by atomic mass is 79.9. The van der Waals surface area contributed by atoms with Gasteiger partial charge < -0.3 is 4.90 Å². The number of Topliss-reactive ketones (excluding diaryl/α,β-unsaturated/α-hetero) is 1. The van der Waals surface area contributed by atoms with Gasteiger partial charge in [-0.25, -0.2) is 4.79 Å². The summed E-state index contributed by atoms with van der Waals surface area (Å²) in [6.07, 6.45) is 1.65. The highest BCUT2D eigenvalue weighted by molar-refractivity contribution is 9.10. The molecule has 9 heteroatoms. The maximum Gasteiger partial charge on any atom is 0.329 e. The van der Waals surface area contributed by atoms with Crippen LogP contribution in [0, 0.1) is 5.41 Å². The van der Waals surface area contributed by atoms with Crippen molar-refractivity contribution in [2.75, 3.05) is 29.4 Å². The fourth-order valence-electron chi connectivity index (χ4n) is 4.40. The molecule has 3 heterocycles. The van der Waals surface area contributed by atoms with E-state index in [0.717, 1.165) is 34.2 Å². The second-order valence-electron chi connectivity index (χ2n) is 7.77. The highest BCUT2D eigenvalue weighted by Crippen LogP contribution is 2.49. The van der Waals surface area contributed by atoms with Crippen LogP contribution in [0.1, 0.15) is 19.3 Å². The van der Waals surface area contributed by atoms with Gasteiger partial charge in [0.2, 0.25) is 5.91 Å². The standard InChI is InChI=1S/C18H18BrN5O3/c1-22-13-5-14(23-8-18(9-23)6-10(25)7-18)12(19)4-11(13)16(21-22)24-3-2-15(26)20-17(24)27/h4-5H,2-3,6-9H2,1H3,(H,20,26,27). The first-order valence-electron chi connectivity index (χ1n) is 8.89. The number of rotatable bonds is 2. The van der Waals surface area contributed by atoms with E-state index < -0.39 is 6.03 Å². The van der Waals surface area contributed by atoms with Gasteiger partial charge in [-0.1, -0.05) is 0 Å². The summed E-state index contributed by atoms with van der Waals surface area (Å²) >= 11 is 3.66. The number of nitrogens with one attached hydrogen (secondary N) is 1. The molecule has 140 valence electrons. The molecule has 1 aliphatic carbocycles. The average Bonchev–Trinajstić information content (AvgIpc) is 2.85. The molecule has 2 aliphatic heterocycles. The number of hydrogen-bond acceptors (Lipinski definition) is 5. The molecule has 1 aromatic carbocycles. The molecule has 0 unspecified atom stereocenters. The fourth-order valence-corrected chi connectivity index (χ4v) is 4.99. The van der Waals surface area contributed by atoms with Crippen LogP contribution in [-0.4, -0.2) is 47.1 Å². The normalized spacial score (nSPS) is 21.5. The minimum atomic E-state index is -0.439. The van der Waals surface area contributed by atoms with E-state index in [0.29, 0.717) is 31.0 Å². The van der Waals surface area contributed by atoms with E-state index in [4.69, 9.17) is 0 Å². The molecule has 1 aromatic heterocycles. The Morgan fingerprint density at radius 2 is 1.93 bits per heavy atom. The molecule has 1 saturated carbocycles. The Morgan fingerprint density at radius 1 is 1.19 bits per heavy atom. The molecular weight excluding hydrogens is 414 g/mol. The van der Waals surface area contributed by atoms with Crippen molar-refractivity contribution in [3.8, 4) is 0 Å². The Hall–Kier alpha value is -2.42. The van der Waals surface area contributed by atoms with E-state index in [1.165, 1.54) is 4.90 Å². The van der Waals surface area contributed by atoms with Crippen molar-refractivity contribution in [2.24, 2.45) is 12.5 Å². The van der Waals surface area contributed by atoms with Crippen LogP contribution in [0.2, 0.25) is 0 Å². The second kappa shape index (κ2) is 5.54. The summed E-state index contributed by atoms with van der Waals surface area (Å²) in [4.78, 5) is 38.7. The maximum absolute atomic E-state index is 12.2. The predicted octanol–water partition coefficient (Wildman–Crippen LogP) is 1.95. The number of aromatic nitrogens is 2. The molecule has 5 rings (SSSR count). The average molecular weight is 432 g/mol. The summed E-state index contributed by atoms with van der Waals surface area (Å²) in [5.74, 6) is 0.647. The van der Waals surface area contributed by atoms with Gasteiger partial charge in [0.1, 0.15) is 5.78 Å². The smallest absolute Gasteiger partial charge is 0.329 e. The lowest BCUT2D eigenvalue weighted by Gasteiger charge is -2.56. The number of halogens is 1. The molecule has 2 saturated heterocycles. The van der Waals surface area contributed by atoms with Crippen LogP contribution in [0.15, 0.2) is 16.6 Å². The molecule has 27 heavy (non-hydrogen) atoms. The molecule has 1 spiro atoms. The SMILES string of the molecule is Cn1nc(N2CCC(=O)NC2=O)c2cc(Br)c(N3CC4(CC(=O)C4)C3)cc21. The number of benzene rings is 1. The van der Waals surface area contributed by atoms with Gasteiger partial charge in [-0.15, -0.1) is 0 Å². The van der Waals surface area contributed by atoms with Gasteiger partial charge in [0.25, 0.3) is 0 Å². The number of ketones is 1. The predicted molar refractivity (Wildman–Crippen MR) is 103 cm³/mol. The van der Waals surface area contributed by atoms with Gasteiger partial charge in [-0.3, -0.25) is 24.5 Å². The number of anilines is 2. The van der Waals surface area contributed by atoms with Crippen LogP contribution < -0.4 is 15.1 Å². The summed E-state index contributed by atoms with van der Waals surface area (Å²) in [5, 5.41) is 7.72. The molecule has 8 nitrogen and oxygen atoms in total. The molecule has 0 bridgehead atoms. The van der Waals surface area contributed by atoms with Gasteiger partial charge in [0.05, 0.1) is 11.2 Å². The molecule has 3 fully saturated rings. The van der Waals surface area contributed by atoms with Crippen molar-refractivity contribution in [3.05, 3.63) is 16.6 Å². The van der Waals surface area contributed by atoms with Gasteiger partial charge in [0, 0.05) is 61.2 Å². The van der Waals surface area contributed by atoms with E-state index in [9.17, 15) is 14.4 Å². The van der Waals surface area contributed by atoms with E-state index in [2.05, 4.69) is 37.3 Å². The van der Waals surface area contributed by atoms with Gasteiger partial charge in [-0.2, -0.15) is 5.10 Å².